The highest BCUT2D eigenvalue weighted by molar-refractivity contribution is 5.53. The molecule has 0 spiro atoms. The van der Waals surface area contributed by atoms with E-state index >= 15 is 0 Å². The normalized spacial score (nSPS) is 18.5. The van der Waals surface area contributed by atoms with Gasteiger partial charge in [0.2, 0.25) is 5.88 Å². The first-order chi connectivity index (χ1) is 10.3. The lowest BCUT2D eigenvalue weighted by Crippen LogP contribution is -2.26. The Labute approximate surface area is 128 Å². The Morgan fingerprint density at radius 3 is 2.09 bits per heavy atom. The van der Waals surface area contributed by atoms with Crippen LogP contribution in [-0.2, 0) is 4.74 Å². The molecule has 0 radical (unpaired) electrons. The van der Waals surface area contributed by atoms with Gasteiger partial charge in [0.25, 0.3) is 0 Å². The summed E-state index contributed by atoms with van der Waals surface area (Å²) in [7, 11) is 0. The Balaban J connectivity index is 2.70. The third kappa shape index (κ3) is 2.66. The van der Waals surface area contributed by atoms with Crippen molar-refractivity contribution in [3.8, 4) is 12.1 Å². The monoisotopic (exact) mass is 297 g/mol. The van der Waals surface area contributed by atoms with Crippen LogP contribution in [0.25, 0.3) is 0 Å². The van der Waals surface area contributed by atoms with E-state index in [1.54, 1.807) is 12.1 Å². The predicted octanol–water partition coefficient (Wildman–Crippen LogP) is 3.46. The Morgan fingerprint density at radius 2 is 1.64 bits per heavy atom. The van der Waals surface area contributed by atoms with Crippen molar-refractivity contribution in [2.45, 2.75) is 26.7 Å². The number of nitriles is 2. The second-order valence-electron chi connectivity index (χ2n) is 6.08. The van der Waals surface area contributed by atoms with Gasteiger partial charge in [-0.25, -0.2) is 4.39 Å². The van der Waals surface area contributed by atoms with Crippen molar-refractivity contribution in [3.05, 3.63) is 58.4 Å². The van der Waals surface area contributed by atoms with Gasteiger partial charge >= 0.3 is 0 Å². The lowest BCUT2D eigenvalue weighted by atomic mass is 9.79. The van der Waals surface area contributed by atoms with Crippen LogP contribution in [0.5, 0.6) is 0 Å². The summed E-state index contributed by atoms with van der Waals surface area (Å²) >= 11 is 0. The average molecular weight is 297 g/mol. The van der Waals surface area contributed by atoms with E-state index in [9.17, 15) is 14.9 Å². The molecule has 0 aliphatic carbocycles. The molecule has 1 aliphatic heterocycles. The van der Waals surface area contributed by atoms with E-state index in [1.807, 2.05) is 26.8 Å². The van der Waals surface area contributed by atoms with Gasteiger partial charge in [0.15, 0.2) is 0 Å². The predicted molar refractivity (Wildman–Crippen MR) is 79.1 cm³/mol. The number of rotatable bonds is 1. The lowest BCUT2D eigenvalue weighted by Gasteiger charge is -2.32. The second kappa shape index (κ2) is 5.54. The fourth-order valence-electron chi connectivity index (χ4n) is 2.42. The first kappa shape index (κ1) is 15.6. The minimum Gasteiger partial charge on any atom is -0.443 e. The summed E-state index contributed by atoms with van der Waals surface area (Å²) in [6.07, 6.45) is 0. The summed E-state index contributed by atoms with van der Waals surface area (Å²) in [5.74, 6) is -0.607. The number of allylic oxidation sites excluding steroid dienone is 3. The third-order valence-corrected chi connectivity index (χ3v) is 3.42. The van der Waals surface area contributed by atoms with Crippen LogP contribution in [0.4, 0.5) is 4.39 Å². The quantitative estimate of drug-likeness (QED) is 0.860. The van der Waals surface area contributed by atoms with E-state index in [2.05, 4.69) is 6.07 Å². The number of nitrogens with two attached hydrogens (primary N) is 1. The molecule has 1 aliphatic rings. The van der Waals surface area contributed by atoms with Crippen molar-refractivity contribution in [2.24, 2.45) is 11.1 Å². The first-order valence-corrected chi connectivity index (χ1v) is 6.77. The maximum absolute atomic E-state index is 13.2. The molecule has 4 nitrogen and oxygen atoms in total. The maximum atomic E-state index is 13.2. The third-order valence-electron chi connectivity index (χ3n) is 3.42. The molecule has 22 heavy (non-hydrogen) atoms. The first-order valence-electron chi connectivity index (χ1n) is 6.77. The molecule has 0 aromatic heterocycles. The van der Waals surface area contributed by atoms with Crippen LogP contribution in [0, 0.1) is 33.9 Å². The van der Waals surface area contributed by atoms with E-state index in [0.29, 0.717) is 16.9 Å². The van der Waals surface area contributed by atoms with Gasteiger partial charge in [-0.15, -0.1) is 0 Å². The molecule has 0 fully saturated rings. The molecular weight excluding hydrogens is 281 g/mol. The van der Waals surface area contributed by atoms with Crippen molar-refractivity contribution in [1.82, 2.24) is 0 Å². The van der Waals surface area contributed by atoms with Crippen molar-refractivity contribution in [1.29, 1.82) is 10.5 Å². The highest BCUT2D eigenvalue weighted by atomic mass is 19.1. The van der Waals surface area contributed by atoms with E-state index in [-0.39, 0.29) is 17.3 Å². The summed E-state index contributed by atoms with van der Waals surface area (Å²) in [4.78, 5) is 0. The van der Waals surface area contributed by atoms with Gasteiger partial charge in [0.05, 0.1) is 17.6 Å². The van der Waals surface area contributed by atoms with Gasteiger partial charge < -0.3 is 10.5 Å². The highest BCUT2D eigenvalue weighted by Crippen LogP contribution is 2.43. The SMILES string of the molecule is CC(C)(C)C1=C(C#N)C(c2ccc(F)cc2)C(C#N)=C(N)O1. The molecule has 5 heteroatoms. The summed E-state index contributed by atoms with van der Waals surface area (Å²) in [5, 5.41) is 19.0. The average Bonchev–Trinajstić information content (AvgIpc) is 2.46. The Morgan fingerprint density at radius 1 is 1.09 bits per heavy atom. The molecule has 0 saturated carbocycles. The molecule has 0 bridgehead atoms. The van der Waals surface area contributed by atoms with Gasteiger partial charge in [-0.1, -0.05) is 32.9 Å². The minimum absolute atomic E-state index is 0.0132. The molecule has 0 saturated heterocycles. The molecule has 1 heterocycles. The zero-order chi connectivity index (χ0) is 16.5. The van der Waals surface area contributed by atoms with Crippen molar-refractivity contribution < 1.29 is 9.13 Å². The second-order valence-corrected chi connectivity index (χ2v) is 6.08. The van der Waals surface area contributed by atoms with Crippen LogP contribution in [0.1, 0.15) is 32.3 Å². The van der Waals surface area contributed by atoms with Gasteiger partial charge in [0.1, 0.15) is 23.2 Å². The molecular formula is C17H16FN3O. The van der Waals surface area contributed by atoms with E-state index in [4.69, 9.17) is 10.5 Å². The molecule has 1 atom stereocenters. The molecule has 1 unspecified atom stereocenters. The summed E-state index contributed by atoms with van der Waals surface area (Å²) in [5.41, 5.74) is 6.53. The van der Waals surface area contributed by atoms with Crippen molar-refractivity contribution in [2.75, 3.05) is 0 Å². The van der Waals surface area contributed by atoms with Crippen LogP contribution < -0.4 is 5.73 Å². The zero-order valence-electron chi connectivity index (χ0n) is 12.6. The number of nitrogens with zero attached hydrogens (tertiary/aromatic N) is 2. The van der Waals surface area contributed by atoms with Crippen LogP contribution in [0.2, 0.25) is 0 Å². The van der Waals surface area contributed by atoms with Crippen LogP contribution in [0.15, 0.2) is 47.1 Å². The number of ether oxygens (including phenoxy) is 1. The van der Waals surface area contributed by atoms with Gasteiger partial charge in [-0.05, 0) is 17.7 Å². The van der Waals surface area contributed by atoms with Crippen LogP contribution in [-0.4, -0.2) is 0 Å². The number of hydrogen-bond donors (Lipinski definition) is 1. The smallest absolute Gasteiger partial charge is 0.205 e. The molecule has 2 N–H and O–H groups in total. The van der Waals surface area contributed by atoms with Gasteiger partial charge in [-0.2, -0.15) is 10.5 Å². The van der Waals surface area contributed by atoms with Crippen molar-refractivity contribution >= 4 is 0 Å². The van der Waals surface area contributed by atoms with Crippen LogP contribution in [0.3, 0.4) is 0 Å². The summed E-state index contributed by atoms with van der Waals surface area (Å²) in [6, 6.07) is 9.82. The van der Waals surface area contributed by atoms with E-state index in [0.717, 1.165) is 0 Å². The molecule has 1 aromatic rings. The fraction of sp³-hybridized carbons (Fsp3) is 0.294. The Kier molecular flexibility index (Phi) is 3.93. The molecule has 2 rings (SSSR count). The lowest BCUT2D eigenvalue weighted by molar-refractivity contribution is 0.199. The molecule has 0 amide bonds. The van der Waals surface area contributed by atoms with Gasteiger partial charge in [-0.3, -0.25) is 0 Å². The Hall–Kier alpha value is -2.79. The standard InChI is InChI=1S/C17H16FN3O/c1-17(2,3)15-12(8-19)14(13(9-20)16(21)22-15)10-4-6-11(18)7-5-10/h4-7,14H,21H2,1-3H3. The van der Waals surface area contributed by atoms with E-state index < -0.39 is 11.3 Å². The van der Waals surface area contributed by atoms with Crippen LogP contribution >= 0.6 is 0 Å². The molecule has 112 valence electrons. The number of hydrogen-bond acceptors (Lipinski definition) is 4. The zero-order valence-corrected chi connectivity index (χ0v) is 12.6. The van der Waals surface area contributed by atoms with E-state index in [1.165, 1.54) is 12.1 Å². The number of benzene rings is 1. The fourth-order valence-corrected chi connectivity index (χ4v) is 2.42. The molecule has 1 aromatic carbocycles. The van der Waals surface area contributed by atoms with Crippen molar-refractivity contribution in [3.63, 3.8) is 0 Å². The largest absolute Gasteiger partial charge is 0.443 e. The minimum atomic E-state index is -0.640. The topological polar surface area (TPSA) is 82.8 Å². The summed E-state index contributed by atoms with van der Waals surface area (Å²) in [6.45, 7) is 5.68. The van der Waals surface area contributed by atoms with Gasteiger partial charge in [0, 0.05) is 5.41 Å². The maximum Gasteiger partial charge on any atom is 0.205 e. The summed E-state index contributed by atoms with van der Waals surface area (Å²) < 4.78 is 18.7. The highest BCUT2D eigenvalue weighted by Gasteiger charge is 2.37. The Bertz CT molecular complexity index is 740. The number of halogens is 1.